The van der Waals surface area contributed by atoms with E-state index in [9.17, 15) is 13.2 Å². The Morgan fingerprint density at radius 2 is 1.82 bits per heavy atom. The maximum atomic E-state index is 11.6. The minimum absolute atomic E-state index is 0.176. The standard InChI is InChI=1S/C10H14N2O3S2/c1-17(14,15)12-7-6-11-10(13)8-2-4-9(16)5-3-8/h2-5,12,16H,6-7H2,1H3,(H,11,13). The number of hydrogen-bond acceptors (Lipinski definition) is 4. The summed E-state index contributed by atoms with van der Waals surface area (Å²) < 4.78 is 23.8. The molecule has 1 rings (SSSR count). The van der Waals surface area contributed by atoms with Crippen LogP contribution in [0.3, 0.4) is 0 Å². The molecule has 5 nitrogen and oxygen atoms in total. The van der Waals surface area contributed by atoms with Gasteiger partial charge in [0.05, 0.1) is 6.26 Å². The van der Waals surface area contributed by atoms with Crippen LogP contribution in [0.4, 0.5) is 0 Å². The topological polar surface area (TPSA) is 75.3 Å². The Kier molecular flexibility index (Phi) is 4.98. The van der Waals surface area contributed by atoms with Gasteiger partial charge in [0.15, 0.2) is 0 Å². The Morgan fingerprint density at radius 1 is 1.24 bits per heavy atom. The van der Waals surface area contributed by atoms with E-state index in [0.29, 0.717) is 5.56 Å². The fourth-order valence-corrected chi connectivity index (χ4v) is 1.75. The zero-order valence-electron chi connectivity index (χ0n) is 9.30. The van der Waals surface area contributed by atoms with Crippen molar-refractivity contribution in [1.82, 2.24) is 10.0 Å². The number of carbonyl (C=O) groups excluding carboxylic acids is 1. The van der Waals surface area contributed by atoms with Crippen LogP contribution in [0.15, 0.2) is 29.2 Å². The first kappa shape index (κ1) is 14.0. The summed E-state index contributed by atoms with van der Waals surface area (Å²) in [6, 6.07) is 6.74. The molecule has 0 atom stereocenters. The second-order valence-corrected chi connectivity index (χ2v) is 5.82. The summed E-state index contributed by atoms with van der Waals surface area (Å²) >= 11 is 4.11. The van der Waals surface area contributed by atoms with Gasteiger partial charge < -0.3 is 5.32 Å². The molecule has 0 aromatic heterocycles. The van der Waals surface area contributed by atoms with Gasteiger partial charge in [-0.1, -0.05) is 0 Å². The lowest BCUT2D eigenvalue weighted by molar-refractivity contribution is 0.0954. The average Bonchev–Trinajstić information content (AvgIpc) is 2.24. The summed E-state index contributed by atoms with van der Waals surface area (Å²) in [5.74, 6) is -0.242. The maximum absolute atomic E-state index is 11.6. The quantitative estimate of drug-likeness (QED) is 0.532. The third-order valence-corrected chi connectivity index (χ3v) is 2.93. The van der Waals surface area contributed by atoms with Crippen molar-refractivity contribution < 1.29 is 13.2 Å². The van der Waals surface area contributed by atoms with E-state index in [-0.39, 0.29) is 19.0 Å². The Bertz CT molecular complexity index is 483. The molecular weight excluding hydrogens is 260 g/mol. The molecule has 17 heavy (non-hydrogen) atoms. The van der Waals surface area contributed by atoms with Crippen LogP contribution in [0, 0.1) is 0 Å². The van der Waals surface area contributed by atoms with Crippen LogP contribution in [0.2, 0.25) is 0 Å². The lowest BCUT2D eigenvalue weighted by Crippen LogP contribution is -2.34. The van der Waals surface area contributed by atoms with Crippen LogP contribution in [-0.4, -0.2) is 33.7 Å². The van der Waals surface area contributed by atoms with Crippen LogP contribution in [-0.2, 0) is 10.0 Å². The van der Waals surface area contributed by atoms with E-state index < -0.39 is 10.0 Å². The van der Waals surface area contributed by atoms with Crippen LogP contribution < -0.4 is 10.0 Å². The van der Waals surface area contributed by atoms with Crippen molar-refractivity contribution in [3.63, 3.8) is 0 Å². The van der Waals surface area contributed by atoms with Gasteiger partial charge >= 0.3 is 0 Å². The SMILES string of the molecule is CS(=O)(=O)NCCNC(=O)c1ccc(S)cc1. The Morgan fingerprint density at radius 3 is 2.35 bits per heavy atom. The van der Waals surface area contributed by atoms with E-state index in [0.717, 1.165) is 11.2 Å². The summed E-state index contributed by atoms with van der Waals surface area (Å²) in [5.41, 5.74) is 0.516. The van der Waals surface area contributed by atoms with Gasteiger partial charge in [0.25, 0.3) is 5.91 Å². The molecule has 0 radical (unpaired) electrons. The Balaban J connectivity index is 2.38. The number of sulfonamides is 1. The molecule has 7 heteroatoms. The number of nitrogens with one attached hydrogen (secondary N) is 2. The van der Waals surface area contributed by atoms with Gasteiger partial charge in [-0.3, -0.25) is 4.79 Å². The zero-order valence-corrected chi connectivity index (χ0v) is 11.0. The van der Waals surface area contributed by atoms with Crippen molar-refractivity contribution in [2.45, 2.75) is 4.90 Å². The normalized spacial score (nSPS) is 11.2. The molecule has 0 aliphatic heterocycles. The summed E-state index contributed by atoms with van der Waals surface area (Å²) in [5, 5.41) is 2.60. The predicted octanol–water partition coefficient (Wildman–Crippen LogP) is 0.254. The highest BCUT2D eigenvalue weighted by Gasteiger charge is 2.04. The first-order valence-electron chi connectivity index (χ1n) is 4.90. The minimum Gasteiger partial charge on any atom is -0.351 e. The number of thiol groups is 1. The number of hydrogen-bond donors (Lipinski definition) is 3. The van der Waals surface area contributed by atoms with Gasteiger partial charge in [0.2, 0.25) is 10.0 Å². The fourth-order valence-electron chi connectivity index (χ4n) is 1.13. The highest BCUT2D eigenvalue weighted by molar-refractivity contribution is 7.88. The number of amides is 1. The van der Waals surface area contributed by atoms with E-state index >= 15 is 0 Å². The van der Waals surface area contributed by atoms with Crippen molar-refractivity contribution in [1.29, 1.82) is 0 Å². The van der Waals surface area contributed by atoms with Crippen molar-refractivity contribution >= 4 is 28.6 Å². The molecule has 1 aromatic rings. The van der Waals surface area contributed by atoms with Crippen molar-refractivity contribution in [2.75, 3.05) is 19.3 Å². The highest BCUT2D eigenvalue weighted by atomic mass is 32.2. The van der Waals surface area contributed by atoms with Gasteiger partial charge in [-0.15, -0.1) is 12.6 Å². The van der Waals surface area contributed by atoms with Crippen LogP contribution >= 0.6 is 12.6 Å². The molecule has 94 valence electrons. The molecule has 0 spiro atoms. The summed E-state index contributed by atoms with van der Waals surface area (Å²) in [6.45, 7) is 0.420. The molecular formula is C10H14N2O3S2. The lowest BCUT2D eigenvalue weighted by Gasteiger charge is -2.05. The average molecular weight is 274 g/mol. The molecule has 0 aliphatic carbocycles. The lowest BCUT2D eigenvalue weighted by atomic mass is 10.2. The molecule has 0 aliphatic rings. The second kappa shape index (κ2) is 6.04. The predicted molar refractivity (Wildman–Crippen MR) is 68.9 cm³/mol. The maximum Gasteiger partial charge on any atom is 0.251 e. The molecule has 0 fully saturated rings. The largest absolute Gasteiger partial charge is 0.351 e. The van der Waals surface area contributed by atoms with Crippen molar-refractivity contribution in [3.05, 3.63) is 29.8 Å². The first-order chi connectivity index (χ1) is 7.88. The van der Waals surface area contributed by atoms with Gasteiger partial charge in [-0.05, 0) is 24.3 Å². The van der Waals surface area contributed by atoms with Gasteiger partial charge in [0.1, 0.15) is 0 Å². The molecule has 0 saturated carbocycles. The first-order valence-corrected chi connectivity index (χ1v) is 7.24. The van der Waals surface area contributed by atoms with E-state index in [1.54, 1.807) is 24.3 Å². The van der Waals surface area contributed by atoms with Gasteiger partial charge in [-0.2, -0.15) is 0 Å². The molecule has 2 N–H and O–H groups in total. The third kappa shape index (κ3) is 5.71. The number of carbonyl (C=O) groups is 1. The minimum atomic E-state index is -3.20. The number of benzene rings is 1. The van der Waals surface area contributed by atoms with Crippen LogP contribution in [0.25, 0.3) is 0 Å². The second-order valence-electron chi connectivity index (χ2n) is 3.47. The molecule has 1 aromatic carbocycles. The molecule has 1 amide bonds. The summed E-state index contributed by atoms with van der Waals surface area (Å²) in [6.07, 6.45) is 1.07. The molecule has 0 heterocycles. The Hall–Kier alpha value is -1.05. The van der Waals surface area contributed by atoms with E-state index in [1.165, 1.54) is 0 Å². The van der Waals surface area contributed by atoms with E-state index in [1.807, 2.05) is 0 Å². The molecule has 0 saturated heterocycles. The molecule has 0 bridgehead atoms. The summed E-state index contributed by atoms with van der Waals surface area (Å²) in [4.78, 5) is 12.3. The smallest absolute Gasteiger partial charge is 0.251 e. The third-order valence-electron chi connectivity index (χ3n) is 1.90. The Labute approximate surface area is 106 Å². The molecule has 0 unspecified atom stereocenters. The zero-order chi connectivity index (χ0) is 12.9. The van der Waals surface area contributed by atoms with Crippen LogP contribution in [0.5, 0.6) is 0 Å². The van der Waals surface area contributed by atoms with E-state index in [2.05, 4.69) is 22.7 Å². The summed E-state index contributed by atoms with van der Waals surface area (Å²) in [7, 11) is -3.20. The van der Waals surface area contributed by atoms with Gasteiger partial charge in [0, 0.05) is 23.5 Å². The monoisotopic (exact) mass is 274 g/mol. The highest BCUT2D eigenvalue weighted by Crippen LogP contribution is 2.07. The van der Waals surface area contributed by atoms with Crippen LogP contribution in [0.1, 0.15) is 10.4 Å². The number of rotatable bonds is 5. The fraction of sp³-hybridized carbons (Fsp3) is 0.300. The van der Waals surface area contributed by atoms with Crippen molar-refractivity contribution in [3.8, 4) is 0 Å². The van der Waals surface area contributed by atoms with Crippen molar-refractivity contribution in [2.24, 2.45) is 0 Å². The van der Waals surface area contributed by atoms with E-state index in [4.69, 9.17) is 0 Å². The van der Waals surface area contributed by atoms with Gasteiger partial charge in [-0.25, -0.2) is 13.1 Å².